The van der Waals surface area contributed by atoms with Crippen LogP contribution in [-0.4, -0.2) is 37.7 Å². The number of nitrogens with zero attached hydrogens (tertiary/aromatic N) is 1. The van der Waals surface area contributed by atoms with Crippen LogP contribution in [-0.2, 0) is 31.1 Å². The van der Waals surface area contributed by atoms with Gasteiger partial charge in [-0.3, -0.25) is 19.1 Å². The molecule has 0 saturated carbocycles. The number of alkyl halides is 3. The second kappa shape index (κ2) is 6.96. The maximum atomic E-state index is 12.4. The number of nitro benzene ring substituents is 1. The Morgan fingerprint density at radius 1 is 1.36 bits per heavy atom. The van der Waals surface area contributed by atoms with Crippen LogP contribution in [0.15, 0.2) is 28.0 Å². The van der Waals surface area contributed by atoms with Gasteiger partial charge in [-0.05, 0) is 12.1 Å². The third-order valence-corrected chi connectivity index (χ3v) is 4.71. The van der Waals surface area contributed by atoms with Crippen molar-refractivity contribution in [3.63, 3.8) is 0 Å². The summed E-state index contributed by atoms with van der Waals surface area (Å²) in [7, 11) is -4.62. The van der Waals surface area contributed by atoms with Crippen molar-refractivity contribution in [3.05, 3.63) is 28.3 Å². The highest BCUT2D eigenvalue weighted by Gasteiger charge is 2.39. The van der Waals surface area contributed by atoms with E-state index < -0.39 is 59.2 Å². The molecule has 1 rings (SSSR count). The molecule has 1 aromatic rings. The number of esters is 1. The summed E-state index contributed by atoms with van der Waals surface area (Å²) in [5.74, 6) is -1.60. The van der Waals surface area contributed by atoms with Gasteiger partial charge in [-0.1, -0.05) is 0 Å². The summed E-state index contributed by atoms with van der Waals surface area (Å²) in [6.45, 7) is 0. The van der Waals surface area contributed by atoms with Gasteiger partial charge in [-0.15, -0.1) is 0 Å². The average molecular weight is 359 g/mol. The lowest BCUT2D eigenvalue weighted by Crippen LogP contribution is -2.17. The number of methoxy groups -OCH3 is 1. The number of carbonyl (C=O) groups is 1. The van der Waals surface area contributed by atoms with Gasteiger partial charge in [0.15, 0.2) is 10.8 Å². The lowest BCUT2D eigenvalue weighted by atomic mass is 10.3. The molecule has 0 aromatic heterocycles. The van der Waals surface area contributed by atoms with Crippen molar-refractivity contribution in [2.45, 2.75) is 15.3 Å². The van der Waals surface area contributed by atoms with Crippen LogP contribution >= 0.6 is 0 Å². The van der Waals surface area contributed by atoms with Gasteiger partial charge in [0, 0.05) is 6.07 Å². The normalized spacial score (nSPS) is 14.2. The maximum absolute atomic E-state index is 12.4. The van der Waals surface area contributed by atoms with E-state index >= 15 is 0 Å². The van der Waals surface area contributed by atoms with Crippen LogP contribution in [0.5, 0.6) is 0 Å². The number of halogens is 3. The summed E-state index contributed by atoms with van der Waals surface area (Å²) in [5, 5.41) is 10.9. The third kappa shape index (κ3) is 4.34. The number of hydrogen-bond acceptors (Lipinski definition) is 6. The summed E-state index contributed by atoms with van der Waals surface area (Å²) in [6.07, 6.45) is 0. The van der Waals surface area contributed by atoms with Gasteiger partial charge >= 0.3 is 11.5 Å². The molecule has 0 N–H and O–H groups in total. The smallest absolute Gasteiger partial charge is 0.468 e. The summed E-state index contributed by atoms with van der Waals surface area (Å²) in [4.78, 5) is 19.5. The predicted molar refractivity (Wildman–Crippen MR) is 68.9 cm³/mol. The standard InChI is InChI=1S/C10H8F3NO6S2/c1-20-9(15)5-21(18)8-3-2-6(4-7(8)14(16)17)22(19)10(11,12)13/h2-4H,5H2,1H3/t21-,22-/m0/s1. The largest absolute Gasteiger partial charge is 0.475 e. The average Bonchev–Trinajstić information content (AvgIpc) is 2.44. The molecule has 0 aliphatic rings. The van der Waals surface area contributed by atoms with E-state index in [1.165, 1.54) is 0 Å². The van der Waals surface area contributed by atoms with Crippen molar-refractivity contribution in [1.82, 2.24) is 0 Å². The van der Waals surface area contributed by atoms with Gasteiger partial charge in [-0.2, -0.15) is 13.2 Å². The minimum absolute atomic E-state index is 0.425. The number of benzene rings is 1. The van der Waals surface area contributed by atoms with Crippen molar-refractivity contribution in [2.24, 2.45) is 0 Å². The Morgan fingerprint density at radius 3 is 2.41 bits per heavy atom. The van der Waals surface area contributed by atoms with E-state index in [0.717, 1.165) is 13.2 Å². The van der Waals surface area contributed by atoms with E-state index in [1.807, 2.05) is 0 Å². The molecule has 0 fully saturated rings. The first kappa shape index (κ1) is 18.2. The van der Waals surface area contributed by atoms with Crippen LogP contribution in [0.25, 0.3) is 0 Å². The predicted octanol–water partition coefficient (Wildman–Crippen LogP) is 1.50. The fourth-order valence-electron chi connectivity index (χ4n) is 1.33. The van der Waals surface area contributed by atoms with E-state index in [9.17, 15) is 36.5 Å². The SMILES string of the molecule is COC(=O)C[S@](=O)c1ccc([S@](=O)C(F)(F)F)cc1[N+](=O)[O-]. The quantitative estimate of drug-likeness (QED) is 0.448. The molecule has 0 unspecified atom stereocenters. The number of nitro groups is 1. The van der Waals surface area contributed by atoms with Gasteiger partial charge in [0.2, 0.25) is 0 Å². The Hall–Kier alpha value is -1.82. The lowest BCUT2D eigenvalue weighted by Gasteiger charge is -2.08. The maximum Gasteiger partial charge on any atom is 0.475 e. The first-order chi connectivity index (χ1) is 10.1. The minimum atomic E-state index is -5.08. The van der Waals surface area contributed by atoms with Gasteiger partial charge in [0.05, 0.1) is 27.7 Å². The van der Waals surface area contributed by atoms with E-state index in [1.54, 1.807) is 0 Å². The fraction of sp³-hybridized carbons (Fsp3) is 0.300. The van der Waals surface area contributed by atoms with Crippen molar-refractivity contribution in [3.8, 4) is 0 Å². The monoisotopic (exact) mass is 359 g/mol. The van der Waals surface area contributed by atoms with Gasteiger partial charge < -0.3 is 4.74 Å². The Morgan fingerprint density at radius 2 is 1.95 bits per heavy atom. The molecule has 122 valence electrons. The van der Waals surface area contributed by atoms with Crippen LogP contribution in [0.3, 0.4) is 0 Å². The van der Waals surface area contributed by atoms with E-state index in [4.69, 9.17) is 0 Å². The molecule has 0 radical (unpaired) electrons. The Bertz CT molecular complexity index is 661. The number of ether oxygens (including phenoxy) is 1. The molecule has 7 nitrogen and oxygen atoms in total. The summed E-state index contributed by atoms with van der Waals surface area (Å²) >= 11 is 0. The zero-order valence-corrected chi connectivity index (χ0v) is 12.4. The Balaban J connectivity index is 3.27. The number of hydrogen-bond donors (Lipinski definition) is 0. The molecule has 0 saturated heterocycles. The first-order valence-electron chi connectivity index (χ1n) is 5.30. The van der Waals surface area contributed by atoms with Crippen LogP contribution in [0.4, 0.5) is 18.9 Å². The molecule has 12 heteroatoms. The van der Waals surface area contributed by atoms with Crippen molar-refractivity contribution < 1.29 is 36.0 Å². The Kier molecular flexibility index (Phi) is 5.77. The molecule has 0 bridgehead atoms. The van der Waals surface area contributed by atoms with Gasteiger partial charge in [0.1, 0.15) is 10.6 Å². The molecule has 1 aromatic carbocycles. The van der Waals surface area contributed by atoms with E-state index in [-0.39, 0.29) is 0 Å². The molecule has 0 spiro atoms. The van der Waals surface area contributed by atoms with Crippen LogP contribution in [0, 0.1) is 10.1 Å². The van der Waals surface area contributed by atoms with Crippen molar-refractivity contribution in [2.75, 3.05) is 12.9 Å². The van der Waals surface area contributed by atoms with Crippen LogP contribution in [0.1, 0.15) is 0 Å². The molecular formula is C10H8F3NO6S2. The number of rotatable bonds is 5. The van der Waals surface area contributed by atoms with E-state index in [2.05, 4.69) is 4.74 Å². The van der Waals surface area contributed by atoms with Crippen molar-refractivity contribution >= 4 is 33.3 Å². The Labute approximate surface area is 126 Å². The molecule has 0 amide bonds. The number of carbonyl (C=O) groups excluding carboxylic acids is 1. The summed E-state index contributed by atoms with van der Waals surface area (Å²) in [6, 6.07) is 1.91. The van der Waals surface area contributed by atoms with Crippen LogP contribution in [0.2, 0.25) is 0 Å². The third-order valence-electron chi connectivity index (χ3n) is 2.27. The highest BCUT2D eigenvalue weighted by atomic mass is 32.2. The molecule has 2 atom stereocenters. The molecule has 22 heavy (non-hydrogen) atoms. The highest BCUT2D eigenvalue weighted by Crippen LogP contribution is 2.31. The molecular weight excluding hydrogens is 351 g/mol. The van der Waals surface area contributed by atoms with Gasteiger partial charge in [0.25, 0.3) is 5.69 Å². The fourth-order valence-corrected chi connectivity index (χ4v) is 3.08. The van der Waals surface area contributed by atoms with E-state index in [0.29, 0.717) is 12.1 Å². The van der Waals surface area contributed by atoms with Crippen molar-refractivity contribution in [1.29, 1.82) is 0 Å². The van der Waals surface area contributed by atoms with Gasteiger partial charge in [-0.25, -0.2) is 4.21 Å². The second-order valence-electron chi connectivity index (χ2n) is 3.67. The molecule has 0 aliphatic carbocycles. The first-order valence-corrected chi connectivity index (χ1v) is 7.77. The lowest BCUT2D eigenvalue weighted by molar-refractivity contribution is -0.388. The second-order valence-corrected chi connectivity index (χ2v) is 6.56. The topological polar surface area (TPSA) is 104 Å². The molecule has 0 heterocycles. The molecule has 0 aliphatic heterocycles. The zero-order chi connectivity index (χ0) is 17.1. The minimum Gasteiger partial charge on any atom is -0.468 e. The summed E-state index contributed by atoms with van der Waals surface area (Å²) < 4.78 is 64.3. The zero-order valence-electron chi connectivity index (χ0n) is 10.8. The van der Waals surface area contributed by atoms with Crippen LogP contribution < -0.4 is 0 Å². The highest BCUT2D eigenvalue weighted by molar-refractivity contribution is 7.86. The summed E-state index contributed by atoms with van der Waals surface area (Å²) in [5.41, 5.74) is -6.00.